The predicted octanol–water partition coefficient (Wildman–Crippen LogP) is 2.71. The maximum Gasteiger partial charge on any atom is 0.252 e. The van der Waals surface area contributed by atoms with Gasteiger partial charge >= 0.3 is 0 Å². The molecule has 3 N–H and O–H groups in total. The Morgan fingerprint density at radius 3 is 2.56 bits per heavy atom. The third-order valence-electron chi connectivity index (χ3n) is 3.92. The van der Waals surface area contributed by atoms with E-state index in [1.54, 1.807) is 30.5 Å². The molecule has 0 spiro atoms. The summed E-state index contributed by atoms with van der Waals surface area (Å²) in [5.74, 6) is -0.999. The van der Waals surface area contributed by atoms with E-state index in [9.17, 15) is 9.59 Å². The number of nitrogens with two attached hydrogens (primary N) is 1. The topological polar surface area (TPSA) is 85.1 Å². The van der Waals surface area contributed by atoms with Crippen LogP contribution in [0.2, 0.25) is 5.02 Å². The molecule has 0 fully saturated rings. The second-order valence-corrected chi connectivity index (χ2v) is 6.01. The first-order valence-electron chi connectivity index (χ1n) is 7.73. The summed E-state index contributed by atoms with van der Waals surface area (Å²) >= 11 is 6.13. The highest BCUT2D eigenvalue weighted by Crippen LogP contribution is 2.18. The zero-order valence-electron chi connectivity index (χ0n) is 13.3. The number of carbonyl (C=O) groups is 2. The van der Waals surface area contributed by atoms with Gasteiger partial charge in [0.15, 0.2) is 0 Å². The fraction of sp³-hybridized carbons (Fsp3) is 0.105. The number of hydrogen-bond donors (Lipinski definition) is 2. The zero-order valence-corrected chi connectivity index (χ0v) is 14.0. The molecule has 5 nitrogen and oxygen atoms in total. The zero-order chi connectivity index (χ0) is 17.8. The van der Waals surface area contributed by atoms with Gasteiger partial charge < -0.3 is 11.1 Å². The standard InChI is InChI=1S/C19H16ClN3O2/c20-15-7-3-1-5-12(15)11-17(18(21)24)23-19(25)14-9-10-22-16-8-4-2-6-13(14)16/h1-10,17H,11H2,(H2,21,24)(H,23,25)/t17-/m0/s1. The summed E-state index contributed by atoms with van der Waals surface area (Å²) in [6.45, 7) is 0. The van der Waals surface area contributed by atoms with Crippen molar-refractivity contribution < 1.29 is 9.59 Å². The molecular weight excluding hydrogens is 338 g/mol. The number of halogens is 1. The lowest BCUT2D eigenvalue weighted by Crippen LogP contribution is -2.46. The third kappa shape index (κ3) is 3.78. The number of nitrogens with zero attached hydrogens (tertiary/aromatic N) is 1. The van der Waals surface area contributed by atoms with Crippen LogP contribution in [0, 0.1) is 0 Å². The van der Waals surface area contributed by atoms with E-state index in [4.69, 9.17) is 17.3 Å². The molecule has 126 valence electrons. The number of hydrogen-bond acceptors (Lipinski definition) is 3. The number of benzene rings is 2. The van der Waals surface area contributed by atoms with E-state index in [2.05, 4.69) is 10.3 Å². The molecular formula is C19H16ClN3O2. The van der Waals surface area contributed by atoms with E-state index in [1.807, 2.05) is 30.3 Å². The summed E-state index contributed by atoms with van der Waals surface area (Å²) in [5, 5.41) is 3.94. The van der Waals surface area contributed by atoms with Crippen LogP contribution in [-0.2, 0) is 11.2 Å². The second kappa shape index (κ2) is 7.32. The minimum Gasteiger partial charge on any atom is -0.368 e. The van der Waals surface area contributed by atoms with Crippen LogP contribution in [-0.4, -0.2) is 22.8 Å². The number of primary amides is 1. The molecule has 0 saturated carbocycles. The summed E-state index contributed by atoms with van der Waals surface area (Å²) in [6, 6.07) is 15.2. The van der Waals surface area contributed by atoms with Gasteiger partial charge in [0, 0.05) is 23.0 Å². The molecule has 1 atom stereocenters. The van der Waals surface area contributed by atoms with Crippen LogP contribution in [0.5, 0.6) is 0 Å². The summed E-state index contributed by atoms with van der Waals surface area (Å²) in [6.07, 6.45) is 1.79. The van der Waals surface area contributed by atoms with Crippen molar-refractivity contribution in [1.82, 2.24) is 10.3 Å². The first kappa shape index (κ1) is 16.9. The molecule has 25 heavy (non-hydrogen) atoms. The van der Waals surface area contributed by atoms with Crippen LogP contribution in [0.4, 0.5) is 0 Å². The molecule has 0 bridgehead atoms. The molecule has 2 aromatic carbocycles. The quantitative estimate of drug-likeness (QED) is 0.739. The minimum atomic E-state index is -0.862. The Balaban J connectivity index is 1.86. The highest BCUT2D eigenvalue weighted by Gasteiger charge is 2.21. The normalized spacial score (nSPS) is 11.9. The molecule has 0 aliphatic heterocycles. The molecule has 6 heteroatoms. The third-order valence-corrected chi connectivity index (χ3v) is 4.29. The van der Waals surface area contributed by atoms with Crippen molar-refractivity contribution in [3.05, 3.63) is 76.9 Å². The predicted molar refractivity (Wildman–Crippen MR) is 97.3 cm³/mol. The Morgan fingerprint density at radius 2 is 1.80 bits per heavy atom. The van der Waals surface area contributed by atoms with Crippen molar-refractivity contribution in [2.45, 2.75) is 12.5 Å². The average Bonchev–Trinajstić information content (AvgIpc) is 2.62. The van der Waals surface area contributed by atoms with Crippen LogP contribution in [0.3, 0.4) is 0 Å². The van der Waals surface area contributed by atoms with Crippen molar-refractivity contribution in [3.63, 3.8) is 0 Å². The molecule has 0 aliphatic rings. The number of pyridine rings is 1. The van der Waals surface area contributed by atoms with Gasteiger partial charge in [-0.1, -0.05) is 48.0 Å². The van der Waals surface area contributed by atoms with E-state index < -0.39 is 11.9 Å². The molecule has 0 aliphatic carbocycles. The van der Waals surface area contributed by atoms with Gasteiger partial charge in [-0.3, -0.25) is 14.6 Å². The van der Waals surface area contributed by atoms with E-state index >= 15 is 0 Å². The van der Waals surface area contributed by atoms with E-state index in [0.717, 1.165) is 5.56 Å². The fourth-order valence-corrected chi connectivity index (χ4v) is 2.85. The Bertz CT molecular complexity index is 937. The van der Waals surface area contributed by atoms with Crippen LogP contribution in [0.1, 0.15) is 15.9 Å². The molecule has 2 amide bonds. The molecule has 0 saturated heterocycles. The molecule has 1 heterocycles. The van der Waals surface area contributed by atoms with Gasteiger partial charge in [0.1, 0.15) is 6.04 Å². The maximum absolute atomic E-state index is 12.7. The van der Waals surface area contributed by atoms with Gasteiger partial charge in [0.05, 0.1) is 11.1 Å². The van der Waals surface area contributed by atoms with Gasteiger partial charge in [-0.25, -0.2) is 0 Å². The smallest absolute Gasteiger partial charge is 0.252 e. The highest BCUT2D eigenvalue weighted by atomic mass is 35.5. The van der Waals surface area contributed by atoms with Crippen molar-refractivity contribution >= 4 is 34.3 Å². The van der Waals surface area contributed by atoms with Crippen LogP contribution in [0.15, 0.2) is 60.8 Å². The lowest BCUT2D eigenvalue weighted by Gasteiger charge is -2.17. The molecule has 0 radical (unpaired) electrons. The highest BCUT2D eigenvalue weighted by molar-refractivity contribution is 6.31. The Kier molecular flexibility index (Phi) is 4.95. The molecule has 1 aromatic heterocycles. The van der Waals surface area contributed by atoms with Gasteiger partial charge in [-0.2, -0.15) is 0 Å². The maximum atomic E-state index is 12.7. The van der Waals surface area contributed by atoms with E-state index in [-0.39, 0.29) is 12.3 Å². The van der Waals surface area contributed by atoms with Gasteiger partial charge in [-0.05, 0) is 23.8 Å². The van der Waals surface area contributed by atoms with E-state index in [1.165, 1.54) is 0 Å². The summed E-state index contributed by atoms with van der Waals surface area (Å²) in [7, 11) is 0. The number of aromatic nitrogens is 1. The fourth-order valence-electron chi connectivity index (χ4n) is 2.64. The second-order valence-electron chi connectivity index (χ2n) is 5.60. The number of amides is 2. The number of nitrogens with one attached hydrogen (secondary N) is 1. The molecule has 0 unspecified atom stereocenters. The number of fused-ring (bicyclic) bond motifs is 1. The lowest BCUT2D eigenvalue weighted by atomic mass is 10.0. The minimum absolute atomic E-state index is 0.226. The van der Waals surface area contributed by atoms with Crippen LogP contribution < -0.4 is 11.1 Å². The Hall–Kier alpha value is -2.92. The lowest BCUT2D eigenvalue weighted by molar-refractivity contribution is -0.119. The molecule has 3 rings (SSSR count). The van der Waals surface area contributed by atoms with Crippen LogP contribution >= 0.6 is 11.6 Å². The van der Waals surface area contributed by atoms with Crippen molar-refractivity contribution in [2.24, 2.45) is 5.73 Å². The van der Waals surface area contributed by atoms with Gasteiger partial charge in [0.2, 0.25) is 5.91 Å². The van der Waals surface area contributed by atoms with Crippen molar-refractivity contribution in [2.75, 3.05) is 0 Å². The van der Waals surface area contributed by atoms with Crippen molar-refractivity contribution in [1.29, 1.82) is 0 Å². The monoisotopic (exact) mass is 353 g/mol. The van der Waals surface area contributed by atoms with E-state index in [0.29, 0.717) is 21.5 Å². The number of carbonyl (C=O) groups excluding carboxylic acids is 2. The SMILES string of the molecule is NC(=O)[C@H](Cc1ccccc1Cl)NC(=O)c1ccnc2ccccc12. The number of para-hydroxylation sites is 1. The van der Waals surface area contributed by atoms with Crippen molar-refractivity contribution in [3.8, 4) is 0 Å². The van der Waals surface area contributed by atoms with Gasteiger partial charge in [-0.15, -0.1) is 0 Å². The first-order valence-corrected chi connectivity index (χ1v) is 8.11. The Labute approximate surface area is 149 Å². The molecule has 3 aromatic rings. The first-order chi connectivity index (χ1) is 12.1. The summed E-state index contributed by atoms with van der Waals surface area (Å²) in [5.41, 5.74) is 7.35. The summed E-state index contributed by atoms with van der Waals surface area (Å²) < 4.78 is 0. The van der Waals surface area contributed by atoms with Crippen LogP contribution in [0.25, 0.3) is 10.9 Å². The number of rotatable bonds is 5. The summed E-state index contributed by atoms with van der Waals surface area (Å²) in [4.78, 5) is 28.7. The Morgan fingerprint density at radius 1 is 1.08 bits per heavy atom. The largest absolute Gasteiger partial charge is 0.368 e. The average molecular weight is 354 g/mol. The van der Waals surface area contributed by atoms with Gasteiger partial charge in [0.25, 0.3) is 5.91 Å².